The van der Waals surface area contributed by atoms with E-state index in [1.54, 1.807) is 6.07 Å². The van der Waals surface area contributed by atoms with Crippen LogP contribution in [0.1, 0.15) is 27.0 Å². The first-order valence-corrected chi connectivity index (χ1v) is 6.90. The van der Waals surface area contributed by atoms with Crippen molar-refractivity contribution in [1.82, 2.24) is 4.98 Å². The minimum Gasteiger partial charge on any atom is -0.383 e. The SMILES string of the molecule is Cc1cc2c3c(c(C#N)c(N)nc3c1)-c1ccccc1C2=O. The average Bonchev–Trinajstić information content (AvgIpc) is 2.51. The Morgan fingerprint density at radius 2 is 1.86 bits per heavy atom. The Balaban J connectivity index is 2.34. The van der Waals surface area contributed by atoms with Gasteiger partial charge in [-0.1, -0.05) is 24.3 Å². The lowest BCUT2D eigenvalue weighted by Crippen LogP contribution is -2.13. The van der Waals surface area contributed by atoms with E-state index in [0.29, 0.717) is 22.2 Å². The average molecular weight is 285 g/mol. The van der Waals surface area contributed by atoms with Crippen LogP contribution in [0.2, 0.25) is 0 Å². The summed E-state index contributed by atoms with van der Waals surface area (Å²) in [6, 6.07) is 13.2. The van der Waals surface area contributed by atoms with Crippen LogP contribution >= 0.6 is 0 Å². The Hall–Kier alpha value is -3.19. The molecule has 0 bridgehead atoms. The van der Waals surface area contributed by atoms with Gasteiger partial charge in [-0.2, -0.15) is 5.26 Å². The third kappa shape index (κ3) is 1.45. The third-order valence-electron chi connectivity index (χ3n) is 4.06. The number of nitrogens with two attached hydrogens (primary N) is 1. The van der Waals surface area contributed by atoms with Crippen LogP contribution in [0, 0.1) is 18.3 Å². The molecule has 0 saturated carbocycles. The summed E-state index contributed by atoms with van der Waals surface area (Å²) in [6.07, 6.45) is 0. The molecule has 3 aromatic rings. The van der Waals surface area contributed by atoms with Crippen molar-refractivity contribution in [3.8, 4) is 17.2 Å². The number of fused-ring (bicyclic) bond motifs is 2. The van der Waals surface area contributed by atoms with Crippen LogP contribution in [0.15, 0.2) is 36.4 Å². The van der Waals surface area contributed by atoms with E-state index < -0.39 is 0 Å². The van der Waals surface area contributed by atoms with Gasteiger partial charge in [-0.05, 0) is 30.2 Å². The van der Waals surface area contributed by atoms with Crippen LogP contribution in [0.3, 0.4) is 0 Å². The van der Waals surface area contributed by atoms with Crippen molar-refractivity contribution in [1.29, 1.82) is 5.26 Å². The first-order chi connectivity index (χ1) is 10.6. The molecule has 2 aromatic carbocycles. The molecular weight excluding hydrogens is 274 g/mol. The van der Waals surface area contributed by atoms with Gasteiger partial charge in [-0.3, -0.25) is 4.79 Å². The normalized spacial score (nSPS) is 12.1. The second kappa shape index (κ2) is 4.15. The van der Waals surface area contributed by atoms with Crippen molar-refractivity contribution in [3.05, 3.63) is 58.7 Å². The predicted octanol–water partition coefficient (Wildman–Crippen LogP) is 3.21. The van der Waals surface area contributed by atoms with Crippen molar-refractivity contribution >= 4 is 22.5 Å². The monoisotopic (exact) mass is 285 g/mol. The van der Waals surface area contributed by atoms with Gasteiger partial charge in [0.15, 0.2) is 5.78 Å². The Kier molecular flexibility index (Phi) is 2.37. The number of hydrogen-bond donors (Lipinski definition) is 1. The fourth-order valence-corrected chi connectivity index (χ4v) is 3.16. The molecule has 0 amide bonds. The highest BCUT2D eigenvalue weighted by atomic mass is 16.1. The molecule has 0 saturated heterocycles. The number of nitrogen functional groups attached to an aromatic ring is 1. The van der Waals surface area contributed by atoms with Crippen molar-refractivity contribution in [2.45, 2.75) is 6.92 Å². The van der Waals surface area contributed by atoms with E-state index in [1.165, 1.54) is 0 Å². The van der Waals surface area contributed by atoms with Gasteiger partial charge in [0.2, 0.25) is 0 Å². The van der Waals surface area contributed by atoms with Crippen molar-refractivity contribution in [3.63, 3.8) is 0 Å². The number of anilines is 1. The topological polar surface area (TPSA) is 79.8 Å². The number of aryl methyl sites for hydroxylation is 1. The zero-order valence-electron chi connectivity index (χ0n) is 11.8. The zero-order chi connectivity index (χ0) is 15.4. The van der Waals surface area contributed by atoms with Gasteiger partial charge in [-0.15, -0.1) is 0 Å². The molecule has 4 rings (SSSR count). The molecule has 0 atom stereocenters. The van der Waals surface area contributed by atoms with Gasteiger partial charge < -0.3 is 5.73 Å². The highest BCUT2D eigenvalue weighted by Crippen LogP contribution is 2.42. The summed E-state index contributed by atoms with van der Waals surface area (Å²) >= 11 is 0. The minimum atomic E-state index is -0.0349. The van der Waals surface area contributed by atoms with E-state index in [0.717, 1.165) is 22.1 Å². The Morgan fingerprint density at radius 1 is 1.14 bits per heavy atom. The van der Waals surface area contributed by atoms with Gasteiger partial charge >= 0.3 is 0 Å². The van der Waals surface area contributed by atoms with Crippen LogP contribution in [0.5, 0.6) is 0 Å². The molecule has 1 aliphatic rings. The maximum atomic E-state index is 12.8. The standard InChI is InChI=1S/C18H11N3O/c1-9-6-12-16-14(7-9)21-18(20)13(8-19)15(16)10-4-2-3-5-11(10)17(12)22/h2-7H,1H3,(H2,20,21). The highest BCUT2D eigenvalue weighted by molar-refractivity contribution is 6.26. The lowest BCUT2D eigenvalue weighted by atomic mass is 9.81. The van der Waals surface area contributed by atoms with E-state index in [4.69, 9.17) is 5.73 Å². The number of ketones is 1. The second-order valence-corrected chi connectivity index (χ2v) is 5.44. The summed E-state index contributed by atoms with van der Waals surface area (Å²) in [5.74, 6) is 0.165. The van der Waals surface area contributed by atoms with Crippen molar-refractivity contribution < 1.29 is 4.79 Å². The van der Waals surface area contributed by atoms with Crippen LogP contribution in [-0.2, 0) is 0 Å². The molecule has 1 heterocycles. The second-order valence-electron chi connectivity index (χ2n) is 5.44. The van der Waals surface area contributed by atoms with Crippen LogP contribution < -0.4 is 5.73 Å². The number of carbonyl (C=O) groups is 1. The highest BCUT2D eigenvalue weighted by Gasteiger charge is 2.29. The van der Waals surface area contributed by atoms with Crippen molar-refractivity contribution in [2.75, 3.05) is 5.73 Å². The Morgan fingerprint density at radius 3 is 2.59 bits per heavy atom. The minimum absolute atomic E-state index is 0.0349. The molecule has 0 unspecified atom stereocenters. The van der Waals surface area contributed by atoms with Gasteiger partial charge in [-0.25, -0.2) is 4.98 Å². The molecular formula is C18H11N3O. The molecule has 1 aromatic heterocycles. The van der Waals surface area contributed by atoms with Crippen molar-refractivity contribution in [2.24, 2.45) is 0 Å². The molecule has 2 N–H and O–H groups in total. The fraction of sp³-hybridized carbons (Fsp3) is 0.0556. The smallest absolute Gasteiger partial charge is 0.194 e. The first kappa shape index (κ1) is 12.5. The van der Waals surface area contributed by atoms with Crippen LogP contribution in [0.25, 0.3) is 22.0 Å². The van der Waals surface area contributed by atoms with Gasteiger partial charge in [0.1, 0.15) is 17.5 Å². The third-order valence-corrected chi connectivity index (χ3v) is 4.06. The number of nitriles is 1. The van der Waals surface area contributed by atoms with Crippen LogP contribution in [-0.4, -0.2) is 10.8 Å². The molecule has 4 nitrogen and oxygen atoms in total. The molecule has 22 heavy (non-hydrogen) atoms. The molecule has 0 aliphatic heterocycles. The predicted molar refractivity (Wildman–Crippen MR) is 84.5 cm³/mol. The lowest BCUT2D eigenvalue weighted by Gasteiger charge is -2.21. The van der Waals surface area contributed by atoms with Crippen LogP contribution in [0.4, 0.5) is 5.82 Å². The zero-order valence-corrected chi connectivity index (χ0v) is 11.8. The lowest BCUT2D eigenvalue weighted by molar-refractivity contribution is 0.104. The number of nitrogens with zero attached hydrogens (tertiary/aromatic N) is 2. The summed E-state index contributed by atoms with van der Waals surface area (Å²) in [6.45, 7) is 1.92. The van der Waals surface area contributed by atoms with E-state index in [1.807, 2.05) is 37.3 Å². The number of carbonyl (C=O) groups excluding carboxylic acids is 1. The van der Waals surface area contributed by atoms with Gasteiger partial charge in [0.25, 0.3) is 0 Å². The number of hydrogen-bond acceptors (Lipinski definition) is 4. The van der Waals surface area contributed by atoms with E-state index in [2.05, 4.69) is 11.1 Å². The maximum absolute atomic E-state index is 12.8. The summed E-state index contributed by atoms with van der Waals surface area (Å²) in [7, 11) is 0. The fourth-order valence-electron chi connectivity index (χ4n) is 3.16. The Labute approximate surface area is 126 Å². The molecule has 1 aliphatic carbocycles. The largest absolute Gasteiger partial charge is 0.383 e. The first-order valence-electron chi connectivity index (χ1n) is 6.90. The van der Waals surface area contributed by atoms with Gasteiger partial charge in [0.05, 0.1) is 5.52 Å². The quantitative estimate of drug-likeness (QED) is 0.538. The molecule has 104 valence electrons. The molecule has 0 radical (unpaired) electrons. The van der Waals surface area contributed by atoms with E-state index >= 15 is 0 Å². The summed E-state index contributed by atoms with van der Waals surface area (Å²) in [5.41, 5.74) is 10.6. The Bertz CT molecular complexity index is 1030. The summed E-state index contributed by atoms with van der Waals surface area (Å²) in [5, 5.41) is 10.2. The number of pyridine rings is 1. The molecule has 0 fully saturated rings. The maximum Gasteiger partial charge on any atom is 0.194 e. The molecule has 4 heteroatoms. The molecule has 0 spiro atoms. The van der Waals surface area contributed by atoms with Gasteiger partial charge in [0, 0.05) is 22.1 Å². The van der Waals surface area contributed by atoms with E-state index in [9.17, 15) is 10.1 Å². The summed E-state index contributed by atoms with van der Waals surface area (Å²) < 4.78 is 0. The van der Waals surface area contributed by atoms with E-state index in [-0.39, 0.29) is 11.6 Å². The number of aromatic nitrogens is 1. The number of rotatable bonds is 0. The number of benzene rings is 2. The summed E-state index contributed by atoms with van der Waals surface area (Å²) in [4.78, 5) is 17.1.